The van der Waals surface area contributed by atoms with Gasteiger partial charge in [0.05, 0.1) is 11.6 Å². The van der Waals surface area contributed by atoms with E-state index in [2.05, 4.69) is 20.9 Å². The average molecular weight is 334 g/mol. The Kier molecular flexibility index (Phi) is 3.91. The van der Waals surface area contributed by atoms with Crippen molar-refractivity contribution < 1.29 is 4.74 Å². The summed E-state index contributed by atoms with van der Waals surface area (Å²) in [5.41, 5.74) is 6.62. The molecule has 0 aliphatic heterocycles. The van der Waals surface area contributed by atoms with Gasteiger partial charge in [-0.05, 0) is 41.1 Å². The Morgan fingerprint density at radius 3 is 2.82 bits per heavy atom. The van der Waals surface area contributed by atoms with Crippen LogP contribution in [-0.4, -0.2) is 11.6 Å². The molecular weight excluding hydrogens is 324 g/mol. The molecular formula is C11H10BrClN2OS. The minimum Gasteiger partial charge on any atom is -0.492 e. The van der Waals surface area contributed by atoms with Crippen molar-refractivity contribution in [2.75, 3.05) is 12.3 Å². The lowest BCUT2D eigenvalue weighted by Crippen LogP contribution is -1.92. The maximum Gasteiger partial charge on any atom is 0.149 e. The number of halogens is 2. The summed E-state index contributed by atoms with van der Waals surface area (Å²) in [7, 11) is 0. The van der Waals surface area contributed by atoms with Gasteiger partial charge in [0.1, 0.15) is 20.4 Å². The van der Waals surface area contributed by atoms with Crippen LogP contribution in [0, 0.1) is 0 Å². The van der Waals surface area contributed by atoms with E-state index in [0.717, 1.165) is 14.4 Å². The van der Waals surface area contributed by atoms with Crippen LogP contribution in [0.1, 0.15) is 6.92 Å². The standard InChI is InChI=1S/C11H10BrClN2OS/c1-2-16-8-4-3-6(5-7(8)13)11-15-10(14)9(12)17-11/h3-5H,2,14H2,1H3. The Hall–Kier alpha value is -0.780. The molecule has 0 unspecified atom stereocenters. The Balaban J connectivity index is 2.37. The van der Waals surface area contributed by atoms with Crippen LogP contribution in [0.25, 0.3) is 10.6 Å². The second-order valence-corrected chi connectivity index (χ2v) is 5.98. The highest BCUT2D eigenvalue weighted by Crippen LogP contribution is 2.36. The van der Waals surface area contributed by atoms with Crippen LogP contribution in [0.5, 0.6) is 5.75 Å². The molecule has 0 amide bonds. The molecule has 1 heterocycles. The van der Waals surface area contributed by atoms with E-state index in [0.29, 0.717) is 23.2 Å². The van der Waals surface area contributed by atoms with Crippen LogP contribution in [0.4, 0.5) is 5.82 Å². The number of rotatable bonds is 3. The number of hydrogen-bond donors (Lipinski definition) is 1. The van der Waals surface area contributed by atoms with Crippen LogP contribution in [0.2, 0.25) is 5.02 Å². The number of anilines is 1. The minimum atomic E-state index is 0.495. The van der Waals surface area contributed by atoms with Crippen molar-refractivity contribution in [3.8, 4) is 16.3 Å². The Morgan fingerprint density at radius 2 is 2.29 bits per heavy atom. The largest absolute Gasteiger partial charge is 0.492 e. The van der Waals surface area contributed by atoms with Crippen molar-refractivity contribution >= 4 is 44.7 Å². The molecule has 0 saturated heterocycles. The van der Waals surface area contributed by atoms with Gasteiger partial charge in [-0.1, -0.05) is 11.6 Å². The molecule has 2 rings (SSSR count). The first-order valence-electron chi connectivity index (χ1n) is 4.96. The second-order valence-electron chi connectivity index (χ2n) is 3.26. The predicted octanol–water partition coefficient (Wildman–Crippen LogP) is 4.21. The van der Waals surface area contributed by atoms with Crippen LogP contribution in [0.3, 0.4) is 0 Å². The van der Waals surface area contributed by atoms with Crippen molar-refractivity contribution in [1.82, 2.24) is 4.98 Å². The fourth-order valence-electron chi connectivity index (χ4n) is 1.34. The molecule has 0 saturated carbocycles. The van der Waals surface area contributed by atoms with Crippen molar-refractivity contribution in [2.24, 2.45) is 0 Å². The predicted molar refractivity (Wildman–Crippen MR) is 75.8 cm³/mol. The Labute approximate surface area is 117 Å². The third-order valence-corrected chi connectivity index (χ3v) is 4.18. The summed E-state index contributed by atoms with van der Waals surface area (Å²) in [6.45, 7) is 2.51. The molecule has 3 nitrogen and oxygen atoms in total. The fourth-order valence-corrected chi connectivity index (χ4v) is 2.84. The highest BCUT2D eigenvalue weighted by molar-refractivity contribution is 9.11. The smallest absolute Gasteiger partial charge is 0.149 e. The first kappa shape index (κ1) is 12.7. The van der Waals surface area contributed by atoms with Crippen molar-refractivity contribution in [3.05, 3.63) is 27.0 Å². The van der Waals surface area contributed by atoms with Crippen LogP contribution in [-0.2, 0) is 0 Å². The van der Waals surface area contributed by atoms with Crippen molar-refractivity contribution in [3.63, 3.8) is 0 Å². The molecule has 2 N–H and O–H groups in total. The average Bonchev–Trinajstić information content (AvgIpc) is 2.62. The van der Waals surface area contributed by atoms with Gasteiger partial charge in [-0.15, -0.1) is 11.3 Å². The molecule has 1 aromatic carbocycles. The lowest BCUT2D eigenvalue weighted by molar-refractivity contribution is 0.340. The van der Waals surface area contributed by atoms with E-state index >= 15 is 0 Å². The highest BCUT2D eigenvalue weighted by Gasteiger charge is 2.10. The highest BCUT2D eigenvalue weighted by atomic mass is 79.9. The molecule has 2 aromatic rings. The molecule has 90 valence electrons. The lowest BCUT2D eigenvalue weighted by Gasteiger charge is -2.06. The number of hydrogen-bond acceptors (Lipinski definition) is 4. The van der Waals surface area contributed by atoms with Gasteiger partial charge in [-0.3, -0.25) is 0 Å². The van der Waals surface area contributed by atoms with E-state index in [1.165, 1.54) is 11.3 Å². The van der Waals surface area contributed by atoms with Gasteiger partial charge in [0.2, 0.25) is 0 Å². The summed E-state index contributed by atoms with van der Waals surface area (Å²) in [5, 5.41) is 1.41. The number of benzene rings is 1. The molecule has 0 aliphatic carbocycles. The molecule has 1 aromatic heterocycles. The van der Waals surface area contributed by atoms with Gasteiger partial charge in [-0.2, -0.15) is 0 Å². The number of thiazole rings is 1. The van der Waals surface area contributed by atoms with Crippen molar-refractivity contribution in [1.29, 1.82) is 0 Å². The summed E-state index contributed by atoms with van der Waals surface area (Å²) in [5.74, 6) is 1.18. The molecule has 0 bridgehead atoms. The van der Waals surface area contributed by atoms with Crippen LogP contribution < -0.4 is 10.5 Å². The monoisotopic (exact) mass is 332 g/mol. The van der Waals surface area contributed by atoms with E-state index in [1.54, 1.807) is 0 Å². The fraction of sp³-hybridized carbons (Fsp3) is 0.182. The van der Waals surface area contributed by atoms with E-state index < -0.39 is 0 Å². The van der Waals surface area contributed by atoms with Gasteiger partial charge < -0.3 is 10.5 Å². The molecule has 17 heavy (non-hydrogen) atoms. The van der Waals surface area contributed by atoms with Crippen LogP contribution in [0.15, 0.2) is 22.0 Å². The quantitative estimate of drug-likeness (QED) is 0.915. The molecule has 0 atom stereocenters. The maximum absolute atomic E-state index is 6.11. The third-order valence-electron chi connectivity index (χ3n) is 2.09. The summed E-state index contributed by atoms with van der Waals surface area (Å²) < 4.78 is 6.20. The zero-order valence-corrected chi connectivity index (χ0v) is 12.2. The van der Waals surface area contributed by atoms with Crippen molar-refractivity contribution in [2.45, 2.75) is 6.92 Å². The maximum atomic E-state index is 6.11. The summed E-state index contributed by atoms with van der Waals surface area (Å²) in [4.78, 5) is 4.25. The number of ether oxygens (including phenoxy) is 1. The molecule has 0 aliphatic rings. The summed E-state index contributed by atoms with van der Waals surface area (Å²) >= 11 is 10.9. The molecule has 0 radical (unpaired) electrons. The SMILES string of the molecule is CCOc1ccc(-c2nc(N)c(Br)s2)cc1Cl. The number of aromatic nitrogens is 1. The Morgan fingerprint density at radius 1 is 1.53 bits per heavy atom. The van der Waals surface area contributed by atoms with Gasteiger partial charge in [0.25, 0.3) is 0 Å². The van der Waals surface area contributed by atoms with Gasteiger partial charge in [-0.25, -0.2) is 4.98 Å². The van der Waals surface area contributed by atoms with E-state index in [1.807, 2.05) is 25.1 Å². The normalized spacial score (nSPS) is 10.5. The van der Waals surface area contributed by atoms with Gasteiger partial charge >= 0.3 is 0 Å². The third kappa shape index (κ3) is 2.73. The van der Waals surface area contributed by atoms with E-state index in [9.17, 15) is 0 Å². The zero-order valence-electron chi connectivity index (χ0n) is 9.04. The zero-order chi connectivity index (χ0) is 12.4. The molecule has 0 spiro atoms. The second kappa shape index (κ2) is 5.25. The van der Waals surface area contributed by atoms with Gasteiger partial charge in [0, 0.05) is 5.56 Å². The molecule has 0 fully saturated rings. The van der Waals surface area contributed by atoms with E-state index in [4.69, 9.17) is 22.1 Å². The topological polar surface area (TPSA) is 48.1 Å². The molecule has 6 heteroatoms. The first-order valence-corrected chi connectivity index (χ1v) is 6.95. The Bertz CT molecular complexity index is 525. The van der Waals surface area contributed by atoms with Gasteiger partial charge in [0.15, 0.2) is 0 Å². The number of nitrogens with zero attached hydrogens (tertiary/aromatic N) is 1. The van der Waals surface area contributed by atoms with E-state index in [-0.39, 0.29) is 0 Å². The minimum absolute atomic E-state index is 0.495. The first-order chi connectivity index (χ1) is 8.11. The lowest BCUT2D eigenvalue weighted by atomic mass is 10.2. The number of nitrogen functional groups attached to an aromatic ring is 1. The summed E-state index contributed by atoms with van der Waals surface area (Å²) in [6, 6.07) is 5.59. The number of nitrogens with two attached hydrogens (primary N) is 1. The summed E-state index contributed by atoms with van der Waals surface area (Å²) in [6.07, 6.45) is 0. The van der Waals surface area contributed by atoms with Crippen LogP contribution >= 0.6 is 38.9 Å².